The maximum Gasteiger partial charge on any atom is 0.573 e. The van der Waals surface area contributed by atoms with Crippen molar-refractivity contribution in [3.63, 3.8) is 0 Å². The van der Waals surface area contributed by atoms with Gasteiger partial charge in [-0.2, -0.15) is 0 Å². The SMILES string of the molecule is COc1cc(-n2ccnc(Sc3ccc(OC(F)(F)F)cc3)c2=O)ccc1OCC1(OP(=O)(O)O)CC(F)(F)C1. The highest BCUT2D eigenvalue weighted by Crippen LogP contribution is 2.55. The minimum Gasteiger partial charge on any atom is -0.493 e. The summed E-state index contributed by atoms with van der Waals surface area (Å²) in [6.45, 7) is -0.605. The molecule has 1 aromatic heterocycles. The number of ether oxygens (including phenoxy) is 3. The van der Waals surface area contributed by atoms with Crippen LogP contribution < -0.4 is 19.8 Å². The average Bonchev–Trinajstić information content (AvgIpc) is 2.82. The van der Waals surface area contributed by atoms with Gasteiger partial charge in [0.25, 0.3) is 11.5 Å². The van der Waals surface area contributed by atoms with Crippen molar-refractivity contribution in [1.29, 1.82) is 0 Å². The van der Waals surface area contributed by atoms with Gasteiger partial charge in [-0.25, -0.2) is 18.3 Å². The second-order valence-corrected chi connectivity index (χ2v) is 10.9. The van der Waals surface area contributed by atoms with E-state index in [0.29, 0.717) is 10.6 Å². The van der Waals surface area contributed by atoms with E-state index in [0.717, 1.165) is 23.9 Å². The number of methoxy groups -OCH3 is 1. The Hall–Kier alpha value is -3.17. The fraction of sp³-hybridized carbons (Fsp3) is 0.304. The number of phosphoric acid groups is 1. The molecule has 40 heavy (non-hydrogen) atoms. The van der Waals surface area contributed by atoms with Crippen LogP contribution in [0.4, 0.5) is 22.0 Å². The molecular formula is C23H20F5N2O8PS. The van der Waals surface area contributed by atoms with E-state index in [-0.39, 0.29) is 16.5 Å². The number of alkyl halides is 5. The molecule has 2 aromatic carbocycles. The third kappa shape index (κ3) is 7.52. The number of hydrogen-bond donors (Lipinski definition) is 2. The highest BCUT2D eigenvalue weighted by molar-refractivity contribution is 7.99. The summed E-state index contributed by atoms with van der Waals surface area (Å²) < 4.78 is 95.9. The molecule has 4 rings (SSSR count). The van der Waals surface area contributed by atoms with Crippen LogP contribution in [0.3, 0.4) is 0 Å². The number of benzene rings is 2. The van der Waals surface area contributed by atoms with Gasteiger partial charge < -0.3 is 24.0 Å². The molecule has 1 aliphatic rings. The standard InChI is InChI=1S/C23H20F5N2O8PS/c1-35-18-10-14(2-7-17(18)36-13-21(38-39(32,33)34)11-22(24,25)12-21)30-9-8-29-19(20(30)31)40-16-5-3-15(4-6-16)37-23(26,27)28/h2-10H,11-13H2,1H3,(H2,32,33,34). The summed E-state index contributed by atoms with van der Waals surface area (Å²) in [5.41, 5.74) is -2.18. The number of nitrogens with zero attached hydrogens (tertiary/aromatic N) is 2. The Kier molecular flexibility index (Phi) is 8.20. The molecule has 0 aliphatic heterocycles. The molecule has 0 amide bonds. The van der Waals surface area contributed by atoms with Crippen molar-refractivity contribution < 1.29 is 55.0 Å². The number of hydrogen-bond acceptors (Lipinski definition) is 8. The van der Waals surface area contributed by atoms with E-state index >= 15 is 0 Å². The van der Waals surface area contributed by atoms with Crippen LogP contribution in [0.5, 0.6) is 17.2 Å². The molecule has 10 nitrogen and oxygen atoms in total. The monoisotopic (exact) mass is 610 g/mol. The van der Waals surface area contributed by atoms with E-state index in [1.54, 1.807) is 0 Å². The zero-order chi connectivity index (χ0) is 29.3. The molecule has 1 fully saturated rings. The van der Waals surface area contributed by atoms with Crippen LogP contribution in [0.25, 0.3) is 5.69 Å². The second-order valence-electron chi connectivity index (χ2n) is 8.63. The molecule has 1 saturated carbocycles. The third-order valence-corrected chi connectivity index (χ3v) is 7.08. The molecule has 1 aliphatic carbocycles. The molecule has 3 aromatic rings. The molecule has 0 bridgehead atoms. The number of phosphoric ester groups is 1. The van der Waals surface area contributed by atoms with E-state index < -0.39 is 56.5 Å². The smallest absolute Gasteiger partial charge is 0.493 e. The molecule has 2 N–H and O–H groups in total. The molecule has 216 valence electrons. The van der Waals surface area contributed by atoms with Gasteiger partial charge in [0.2, 0.25) is 0 Å². The van der Waals surface area contributed by atoms with Crippen LogP contribution in [0.2, 0.25) is 0 Å². The van der Waals surface area contributed by atoms with Crippen LogP contribution >= 0.6 is 19.6 Å². The van der Waals surface area contributed by atoms with E-state index in [1.165, 1.54) is 54.4 Å². The summed E-state index contributed by atoms with van der Waals surface area (Å²) in [6.07, 6.45) is -4.04. The van der Waals surface area contributed by atoms with Gasteiger partial charge in [-0.15, -0.1) is 13.2 Å². The zero-order valence-electron chi connectivity index (χ0n) is 20.3. The molecule has 1 heterocycles. The molecule has 0 unspecified atom stereocenters. The topological polar surface area (TPSA) is 129 Å². The maximum atomic E-state index is 13.5. The summed E-state index contributed by atoms with van der Waals surface area (Å²) in [7, 11) is -3.80. The van der Waals surface area contributed by atoms with Crippen molar-refractivity contribution in [2.75, 3.05) is 13.7 Å². The minimum absolute atomic E-state index is 0.00808. The lowest BCUT2D eigenvalue weighted by Gasteiger charge is -2.45. The Morgan fingerprint density at radius 3 is 2.35 bits per heavy atom. The maximum absolute atomic E-state index is 13.5. The fourth-order valence-electron chi connectivity index (χ4n) is 3.96. The fourth-order valence-corrected chi connectivity index (χ4v) is 5.44. The van der Waals surface area contributed by atoms with Crippen LogP contribution in [0.1, 0.15) is 12.8 Å². The Labute approximate surface area is 226 Å². The van der Waals surface area contributed by atoms with Crippen molar-refractivity contribution in [3.8, 4) is 22.9 Å². The Bertz CT molecular complexity index is 1470. The molecule has 0 atom stereocenters. The Morgan fingerprint density at radius 1 is 1.10 bits per heavy atom. The summed E-state index contributed by atoms with van der Waals surface area (Å²) in [6, 6.07) is 9.08. The quantitative estimate of drug-likeness (QED) is 0.240. The van der Waals surface area contributed by atoms with Gasteiger partial charge in [0.1, 0.15) is 18.0 Å². The van der Waals surface area contributed by atoms with E-state index in [4.69, 9.17) is 19.3 Å². The molecule has 17 heteroatoms. The van der Waals surface area contributed by atoms with Crippen molar-refractivity contribution in [2.45, 2.75) is 40.6 Å². The Morgan fingerprint density at radius 2 is 1.77 bits per heavy atom. The number of rotatable bonds is 10. The first-order valence-corrected chi connectivity index (χ1v) is 13.5. The van der Waals surface area contributed by atoms with Crippen LogP contribution in [0.15, 0.2) is 69.6 Å². The van der Waals surface area contributed by atoms with Gasteiger partial charge in [0, 0.05) is 36.2 Å². The van der Waals surface area contributed by atoms with Gasteiger partial charge in [-0.05, 0) is 36.4 Å². The first-order valence-electron chi connectivity index (χ1n) is 11.1. The van der Waals surface area contributed by atoms with Crippen molar-refractivity contribution >= 4 is 19.6 Å². The predicted molar refractivity (Wildman–Crippen MR) is 129 cm³/mol. The summed E-state index contributed by atoms with van der Waals surface area (Å²) in [5.74, 6) is -3.47. The van der Waals surface area contributed by atoms with Gasteiger partial charge >= 0.3 is 14.2 Å². The van der Waals surface area contributed by atoms with Gasteiger partial charge in [0.15, 0.2) is 16.5 Å². The minimum atomic E-state index is -5.09. The first kappa shape index (κ1) is 29.8. The predicted octanol–water partition coefficient (Wildman–Crippen LogP) is 4.95. The highest BCUT2D eigenvalue weighted by atomic mass is 32.2. The second kappa shape index (κ2) is 11.0. The largest absolute Gasteiger partial charge is 0.573 e. The molecular weight excluding hydrogens is 590 g/mol. The van der Waals surface area contributed by atoms with Crippen molar-refractivity contribution in [3.05, 3.63) is 65.2 Å². The lowest BCUT2D eigenvalue weighted by atomic mass is 9.77. The summed E-state index contributed by atoms with van der Waals surface area (Å²) in [4.78, 5) is 35.8. The Balaban J connectivity index is 1.52. The van der Waals surface area contributed by atoms with E-state index in [1.807, 2.05) is 0 Å². The molecule has 0 radical (unpaired) electrons. The lowest BCUT2D eigenvalue weighted by Crippen LogP contribution is -2.56. The van der Waals surface area contributed by atoms with Crippen molar-refractivity contribution in [2.24, 2.45) is 0 Å². The molecule has 0 spiro atoms. The zero-order valence-corrected chi connectivity index (χ0v) is 22.0. The van der Waals surface area contributed by atoms with Crippen LogP contribution in [0, 0.1) is 0 Å². The summed E-state index contributed by atoms with van der Waals surface area (Å²) in [5, 5.41) is 0.00808. The lowest BCUT2D eigenvalue weighted by molar-refractivity contribution is -0.274. The number of aromatic nitrogens is 2. The van der Waals surface area contributed by atoms with Crippen LogP contribution in [-0.2, 0) is 9.09 Å². The van der Waals surface area contributed by atoms with Gasteiger partial charge in [-0.3, -0.25) is 13.9 Å². The first-order chi connectivity index (χ1) is 18.6. The normalized spacial score (nSPS) is 16.2. The van der Waals surface area contributed by atoms with E-state index in [9.17, 15) is 31.3 Å². The van der Waals surface area contributed by atoms with E-state index in [2.05, 4.69) is 14.2 Å². The highest BCUT2D eigenvalue weighted by Gasteiger charge is 2.60. The number of halogens is 5. The van der Waals surface area contributed by atoms with Crippen molar-refractivity contribution in [1.82, 2.24) is 9.55 Å². The van der Waals surface area contributed by atoms with Gasteiger partial charge in [-0.1, -0.05) is 11.8 Å². The van der Waals surface area contributed by atoms with Crippen LogP contribution in [-0.4, -0.2) is 50.9 Å². The summed E-state index contributed by atoms with van der Waals surface area (Å²) >= 11 is 0.911. The van der Waals surface area contributed by atoms with Gasteiger partial charge in [0.05, 0.1) is 12.8 Å². The molecule has 0 saturated heterocycles. The average molecular weight is 610 g/mol. The third-order valence-electron chi connectivity index (χ3n) is 5.47.